The first kappa shape index (κ1) is 25.0. The fraction of sp³-hybridized carbons (Fsp3) is 0.435. The number of hydrogen-bond acceptors (Lipinski definition) is 5. The third-order valence-corrected chi connectivity index (χ3v) is 7.64. The molecule has 1 fully saturated rings. The van der Waals surface area contributed by atoms with Gasteiger partial charge in [-0.1, -0.05) is 37.9 Å². The summed E-state index contributed by atoms with van der Waals surface area (Å²) in [5.74, 6) is -0.331. The molecule has 1 N–H and O–H groups in total. The maximum Gasteiger partial charge on any atom is 0.266 e. The summed E-state index contributed by atoms with van der Waals surface area (Å²) < 4.78 is 29.0. The Balaban J connectivity index is 1.83. The van der Waals surface area contributed by atoms with E-state index in [4.69, 9.17) is 11.6 Å². The molecular formula is C23H28ClN5O3S. The third-order valence-electron chi connectivity index (χ3n) is 5.35. The van der Waals surface area contributed by atoms with Gasteiger partial charge < -0.3 is 5.32 Å². The van der Waals surface area contributed by atoms with E-state index in [9.17, 15) is 18.5 Å². The minimum Gasteiger partial charge on any atom is -0.321 e. The normalized spacial score (nSPS) is 15.5. The molecule has 1 aromatic carbocycles. The molecule has 176 valence electrons. The van der Waals surface area contributed by atoms with E-state index in [0.29, 0.717) is 42.0 Å². The maximum absolute atomic E-state index is 12.9. The second-order valence-electron chi connectivity index (χ2n) is 8.48. The monoisotopic (exact) mass is 489 g/mol. The summed E-state index contributed by atoms with van der Waals surface area (Å²) >= 11 is 6.43. The van der Waals surface area contributed by atoms with E-state index in [-0.39, 0.29) is 16.2 Å². The average Bonchev–Trinajstić information content (AvgIpc) is 3.04. The summed E-state index contributed by atoms with van der Waals surface area (Å²) in [5.41, 5.74) is 1.24. The van der Waals surface area contributed by atoms with E-state index in [1.807, 2.05) is 19.9 Å². The molecule has 0 atom stereocenters. The smallest absolute Gasteiger partial charge is 0.266 e. The molecule has 0 radical (unpaired) electrons. The van der Waals surface area contributed by atoms with Crippen LogP contribution in [0.3, 0.4) is 0 Å². The van der Waals surface area contributed by atoms with Gasteiger partial charge in [-0.15, -0.1) is 0 Å². The predicted octanol–water partition coefficient (Wildman–Crippen LogP) is 4.22. The highest BCUT2D eigenvalue weighted by molar-refractivity contribution is 7.89. The first-order valence-corrected chi connectivity index (χ1v) is 12.7. The van der Waals surface area contributed by atoms with Crippen molar-refractivity contribution in [2.45, 2.75) is 51.5 Å². The lowest BCUT2D eigenvalue weighted by Crippen LogP contribution is -2.35. The van der Waals surface area contributed by atoms with Crippen molar-refractivity contribution >= 4 is 39.3 Å². The first-order chi connectivity index (χ1) is 15.6. The van der Waals surface area contributed by atoms with Crippen molar-refractivity contribution in [1.82, 2.24) is 14.1 Å². The first-order valence-electron chi connectivity index (χ1n) is 10.9. The zero-order valence-electron chi connectivity index (χ0n) is 19.0. The number of benzene rings is 1. The van der Waals surface area contributed by atoms with E-state index in [1.165, 1.54) is 22.5 Å². The largest absolute Gasteiger partial charge is 0.321 e. The molecule has 0 spiro atoms. The lowest BCUT2D eigenvalue weighted by molar-refractivity contribution is -0.112. The van der Waals surface area contributed by atoms with Gasteiger partial charge in [-0.25, -0.2) is 8.42 Å². The molecule has 0 bridgehead atoms. The predicted molar refractivity (Wildman–Crippen MR) is 128 cm³/mol. The van der Waals surface area contributed by atoms with Crippen LogP contribution in [0.5, 0.6) is 0 Å². The SMILES string of the molecule is Cc1nn(CC(C)C)c(Cl)c1/C=C(\C#N)C(=O)Nc1cccc(S(=O)(=O)N2CCCCC2)c1. The van der Waals surface area contributed by atoms with Gasteiger partial charge in [0, 0.05) is 30.9 Å². The van der Waals surface area contributed by atoms with E-state index < -0.39 is 15.9 Å². The molecule has 1 amide bonds. The van der Waals surface area contributed by atoms with Crippen LogP contribution in [-0.2, 0) is 21.4 Å². The van der Waals surface area contributed by atoms with Gasteiger partial charge >= 0.3 is 0 Å². The Labute approximate surface area is 199 Å². The second-order valence-corrected chi connectivity index (χ2v) is 10.8. The van der Waals surface area contributed by atoms with Gasteiger partial charge in [0.15, 0.2) is 0 Å². The van der Waals surface area contributed by atoms with Crippen LogP contribution in [0, 0.1) is 24.2 Å². The van der Waals surface area contributed by atoms with Crippen LogP contribution in [0.25, 0.3) is 6.08 Å². The van der Waals surface area contributed by atoms with E-state index in [2.05, 4.69) is 10.4 Å². The van der Waals surface area contributed by atoms with Gasteiger partial charge in [0.25, 0.3) is 5.91 Å². The van der Waals surface area contributed by atoms with Gasteiger partial charge in [0.2, 0.25) is 10.0 Å². The molecule has 0 aliphatic carbocycles. The topological polar surface area (TPSA) is 108 Å². The van der Waals surface area contributed by atoms with E-state index in [1.54, 1.807) is 23.7 Å². The highest BCUT2D eigenvalue weighted by atomic mass is 35.5. The summed E-state index contributed by atoms with van der Waals surface area (Å²) in [7, 11) is -3.64. The molecule has 10 heteroatoms. The number of anilines is 1. The van der Waals surface area contributed by atoms with Crippen molar-refractivity contribution < 1.29 is 13.2 Å². The molecule has 2 aromatic rings. The summed E-state index contributed by atoms with van der Waals surface area (Å²) in [6.45, 7) is 7.43. The Morgan fingerprint density at radius 1 is 1.30 bits per heavy atom. The molecule has 0 unspecified atom stereocenters. The minimum atomic E-state index is -3.64. The number of nitriles is 1. The molecule has 0 saturated carbocycles. The zero-order valence-corrected chi connectivity index (χ0v) is 20.6. The number of nitrogens with one attached hydrogen (secondary N) is 1. The summed E-state index contributed by atoms with van der Waals surface area (Å²) in [4.78, 5) is 12.9. The van der Waals surface area contributed by atoms with Crippen LogP contribution < -0.4 is 5.32 Å². The number of halogens is 1. The molecule has 1 saturated heterocycles. The number of carbonyl (C=O) groups excluding carboxylic acids is 1. The minimum absolute atomic E-state index is 0.110. The van der Waals surface area contributed by atoms with Crippen LogP contribution in [0.4, 0.5) is 5.69 Å². The molecule has 2 heterocycles. The van der Waals surface area contributed by atoms with Crippen LogP contribution in [0.15, 0.2) is 34.7 Å². The Morgan fingerprint density at radius 2 is 2.00 bits per heavy atom. The van der Waals surface area contributed by atoms with Crippen molar-refractivity contribution in [3.63, 3.8) is 0 Å². The Bertz CT molecular complexity index is 1210. The van der Waals surface area contributed by atoms with Crippen molar-refractivity contribution in [2.75, 3.05) is 18.4 Å². The van der Waals surface area contributed by atoms with Gasteiger partial charge in [-0.3, -0.25) is 9.48 Å². The number of aromatic nitrogens is 2. The van der Waals surface area contributed by atoms with Crippen LogP contribution in [0.1, 0.15) is 44.4 Å². The zero-order chi connectivity index (χ0) is 24.2. The molecule has 1 aliphatic heterocycles. The summed E-state index contributed by atoms with van der Waals surface area (Å²) in [5, 5.41) is 16.9. The lowest BCUT2D eigenvalue weighted by atomic mass is 10.1. The standard InChI is InChI=1S/C23H28ClN5O3S/c1-16(2)15-29-22(24)21(17(3)27-29)12-18(14-25)23(30)26-19-8-7-9-20(13-19)33(31,32)28-10-5-4-6-11-28/h7-9,12-13,16H,4-6,10-11,15H2,1-3H3,(H,26,30)/b18-12+. The molecule has 33 heavy (non-hydrogen) atoms. The van der Waals surface area contributed by atoms with Gasteiger partial charge in [0.1, 0.15) is 16.8 Å². The van der Waals surface area contributed by atoms with Crippen molar-refractivity contribution in [1.29, 1.82) is 5.26 Å². The number of amides is 1. The van der Waals surface area contributed by atoms with Crippen LogP contribution >= 0.6 is 11.6 Å². The average molecular weight is 490 g/mol. The van der Waals surface area contributed by atoms with Gasteiger partial charge in [0.05, 0.1) is 10.6 Å². The molecule has 1 aromatic heterocycles. The maximum atomic E-state index is 12.9. The Hall–Kier alpha value is -2.67. The van der Waals surface area contributed by atoms with Crippen LogP contribution in [-0.4, -0.2) is 41.5 Å². The molecule has 1 aliphatic rings. The number of sulfonamides is 1. The molecular weight excluding hydrogens is 462 g/mol. The van der Waals surface area contributed by atoms with Crippen molar-refractivity contribution in [3.05, 3.63) is 46.2 Å². The van der Waals surface area contributed by atoms with Crippen molar-refractivity contribution in [3.8, 4) is 6.07 Å². The fourth-order valence-corrected chi connectivity index (χ4v) is 5.54. The molecule has 8 nitrogen and oxygen atoms in total. The summed E-state index contributed by atoms with van der Waals surface area (Å²) in [6, 6.07) is 7.97. The highest BCUT2D eigenvalue weighted by Crippen LogP contribution is 2.25. The fourth-order valence-electron chi connectivity index (χ4n) is 3.68. The van der Waals surface area contributed by atoms with Gasteiger partial charge in [-0.2, -0.15) is 14.7 Å². The van der Waals surface area contributed by atoms with E-state index >= 15 is 0 Å². The number of aryl methyl sites for hydroxylation is 1. The summed E-state index contributed by atoms with van der Waals surface area (Å²) in [6.07, 6.45) is 4.10. The number of piperidine rings is 1. The number of hydrogen-bond donors (Lipinski definition) is 1. The highest BCUT2D eigenvalue weighted by Gasteiger charge is 2.26. The third kappa shape index (κ3) is 5.82. The van der Waals surface area contributed by atoms with E-state index in [0.717, 1.165) is 19.3 Å². The number of rotatable bonds is 7. The van der Waals surface area contributed by atoms with Crippen LogP contribution in [0.2, 0.25) is 5.15 Å². The Morgan fingerprint density at radius 3 is 2.64 bits per heavy atom. The second kappa shape index (κ2) is 10.5. The Kier molecular flexibility index (Phi) is 7.95. The number of nitrogens with zero attached hydrogens (tertiary/aromatic N) is 4. The quantitative estimate of drug-likeness (QED) is 0.462. The number of carbonyl (C=O) groups is 1. The van der Waals surface area contributed by atoms with Gasteiger partial charge in [-0.05, 0) is 50.0 Å². The van der Waals surface area contributed by atoms with Crippen molar-refractivity contribution in [2.24, 2.45) is 5.92 Å². The molecule has 3 rings (SSSR count). The lowest BCUT2D eigenvalue weighted by Gasteiger charge is -2.26.